The Labute approximate surface area is 135 Å². The number of hydrogen-bond acceptors (Lipinski definition) is 5. The lowest BCUT2D eigenvalue weighted by atomic mass is 9.76. The predicted octanol–water partition coefficient (Wildman–Crippen LogP) is 3.16. The molecule has 1 aliphatic rings. The van der Waals surface area contributed by atoms with Crippen LogP contribution in [0.3, 0.4) is 0 Å². The Kier molecular flexibility index (Phi) is 4.48. The maximum Gasteiger partial charge on any atom is 0.312 e. The third-order valence-corrected chi connectivity index (χ3v) is 4.49. The van der Waals surface area contributed by atoms with Crippen LogP contribution in [0, 0.1) is 12.3 Å². The number of methoxy groups -OCH3 is 1. The van der Waals surface area contributed by atoms with Crippen molar-refractivity contribution >= 4 is 5.97 Å². The Morgan fingerprint density at radius 3 is 2.61 bits per heavy atom. The van der Waals surface area contributed by atoms with Gasteiger partial charge in [-0.3, -0.25) is 4.79 Å². The molecule has 0 N–H and O–H groups in total. The molecule has 1 aliphatic heterocycles. The van der Waals surface area contributed by atoms with E-state index in [0.717, 1.165) is 11.3 Å². The van der Waals surface area contributed by atoms with Gasteiger partial charge in [0.15, 0.2) is 0 Å². The van der Waals surface area contributed by atoms with Gasteiger partial charge >= 0.3 is 5.97 Å². The van der Waals surface area contributed by atoms with Crippen molar-refractivity contribution in [2.24, 2.45) is 5.41 Å². The van der Waals surface area contributed by atoms with Crippen LogP contribution in [-0.2, 0) is 20.7 Å². The van der Waals surface area contributed by atoms with Gasteiger partial charge < -0.3 is 14.0 Å². The lowest BCUT2D eigenvalue weighted by molar-refractivity contribution is -0.159. The van der Waals surface area contributed by atoms with Gasteiger partial charge in [0.1, 0.15) is 11.5 Å². The molecule has 1 aromatic heterocycles. The minimum Gasteiger partial charge on any atom is -0.469 e. The molecule has 1 fully saturated rings. The number of aromatic nitrogens is 1. The van der Waals surface area contributed by atoms with Crippen LogP contribution in [0.5, 0.6) is 0 Å². The van der Waals surface area contributed by atoms with Gasteiger partial charge in [-0.25, -0.2) is 0 Å². The summed E-state index contributed by atoms with van der Waals surface area (Å²) in [7, 11) is 1.43. The molecule has 0 bridgehead atoms. The van der Waals surface area contributed by atoms with E-state index in [-0.39, 0.29) is 5.97 Å². The van der Waals surface area contributed by atoms with Crippen molar-refractivity contribution < 1.29 is 18.8 Å². The minimum atomic E-state index is -0.572. The second kappa shape index (κ2) is 6.54. The Hall–Kier alpha value is -2.14. The fourth-order valence-corrected chi connectivity index (χ4v) is 3.02. The van der Waals surface area contributed by atoms with E-state index in [9.17, 15) is 4.79 Å². The van der Waals surface area contributed by atoms with Gasteiger partial charge in [0.25, 0.3) is 0 Å². The van der Waals surface area contributed by atoms with Crippen LogP contribution in [0.25, 0.3) is 11.3 Å². The summed E-state index contributed by atoms with van der Waals surface area (Å²) in [6.45, 7) is 3.17. The van der Waals surface area contributed by atoms with E-state index in [0.29, 0.717) is 38.2 Å². The smallest absolute Gasteiger partial charge is 0.312 e. The molecule has 0 spiro atoms. The highest BCUT2D eigenvalue weighted by Gasteiger charge is 2.42. The van der Waals surface area contributed by atoms with Crippen LogP contribution in [0.4, 0.5) is 0 Å². The fourth-order valence-electron chi connectivity index (χ4n) is 3.02. The van der Waals surface area contributed by atoms with Gasteiger partial charge in [0.05, 0.1) is 12.5 Å². The first-order chi connectivity index (χ1) is 11.1. The summed E-state index contributed by atoms with van der Waals surface area (Å²) in [6.07, 6.45) is 1.77. The summed E-state index contributed by atoms with van der Waals surface area (Å²) in [6, 6.07) is 10.0. The van der Waals surface area contributed by atoms with Crippen molar-refractivity contribution in [2.75, 3.05) is 20.3 Å². The molecule has 0 radical (unpaired) electrons. The van der Waals surface area contributed by atoms with Crippen LogP contribution in [0.1, 0.15) is 24.2 Å². The van der Waals surface area contributed by atoms with Gasteiger partial charge in [-0.1, -0.05) is 35.0 Å². The van der Waals surface area contributed by atoms with Crippen LogP contribution in [0.2, 0.25) is 0 Å². The summed E-state index contributed by atoms with van der Waals surface area (Å²) < 4.78 is 15.9. The molecule has 0 amide bonds. The number of hydrogen-bond donors (Lipinski definition) is 0. The zero-order chi connectivity index (χ0) is 16.3. The van der Waals surface area contributed by atoms with Gasteiger partial charge in [0, 0.05) is 31.3 Å². The van der Waals surface area contributed by atoms with Gasteiger partial charge in [-0.2, -0.15) is 0 Å². The molecule has 23 heavy (non-hydrogen) atoms. The second-order valence-electron chi connectivity index (χ2n) is 6.11. The molecule has 2 heterocycles. The molecule has 0 saturated carbocycles. The predicted molar refractivity (Wildman–Crippen MR) is 84.9 cm³/mol. The minimum absolute atomic E-state index is 0.200. The molecule has 1 saturated heterocycles. The molecule has 5 heteroatoms. The molecule has 5 nitrogen and oxygen atoms in total. The first-order valence-corrected chi connectivity index (χ1v) is 7.82. The summed E-state index contributed by atoms with van der Waals surface area (Å²) in [5.41, 5.74) is 2.41. The highest BCUT2D eigenvalue weighted by Crippen LogP contribution is 2.36. The number of esters is 1. The van der Waals surface area contributed by atoms with E-state index in [2.05, 4.69) is 5.16 Å². The molecule has 1 aromatic carbocycles. The number of carbonyl (C=O) groups excluding carboxylic acids is 1. The zero-order valence-corrected chi connectivity index (χ0v) is 13.5. The third-order valence-electron chi connectivity index (χ3n) is 4.49. The molecular formula is C18H21NO4. The van der Waals surface area contributed by atoms with Crippen LogP contribution < -0.4 is 0 Å². The zero-order valence-electron chi connectivity index (χ0n) is 13.5. The van der Waals surface area contributed by atoms with Crippen molar-refractivity contribution in [1.29, 1.82) is 0 Å². The summed E-state index contributed by atoms with van der Waals surface area (Å²) in [4.78, 5) is 12.3. The van der Waals surface area contributed by atoms with E-state index in [1.165, 1.54) is 12.7 Å². The van der Waals surface area contributed by atoms with Gasteiger partial charge in [-0.15, -0.1) is 0 Å². The van der Waals surface area contributed by atoms with E-state index in [1.807, 2.05) is 37.3 Å². The van der Waals surface area contributed by atoms with Gasteiger partial charge in [0.2, 0.25) is 0 Å². The summed E-state index contributed by atoms with van der Waals surface area (Å²) in [5, 5.41) is 4.14. The number of carbonyl (C=O) groups is 1. The second-order valence-corrected chi connectivity index (χ2v) is 6.11. The van der Waals surface area contributed by atoms with Crippen molar-refractivity contribution in [1.82, 2.24) is 5.16 Å². The van der Waals surface area contributed by atoms with Gasteiger partial charge in [-0.05, 0) is 19.8 Å². The van der Waals surface area contributed by atoms with Crippen molar-refractivity contribution in [2.45, 2.75) is 26.2 Å². The highest BCUT2D eigenvalue weighted by atomic mass is 16.5. The Balaban J connectivity index is 1.81. The van der Waals surface area contributed by atoms with Crippen LogP contribution in [-0.4, -0.2) is 31.4 Å². The van der Waals surface area contributed by atoms with E-state index < -0.39 is 5.41 Å². The molecule has 2 aromatic rings. The van der Waals surface area contributed by atoms with Crippen LogP contribution in [0.15, 0.2) is 34.9 Å². The lowest BCUT2D eigenvalue weighted by Gasteiger charge is -2.33. The third kappa shape index (κ3) is 3.29. The quantitative estimate of drug-likeness (QED) is 0.811. The fraction of sp³-hybridized carbons (Fsp3) is 0.444. The maximum absolute atomic E-state index is 12.3. The highest BCUT2D eigenvalue weighted by molar-refractivity contribution is 5.77. The molecule has 0 aliphatic carbocycles. The summed E-state index contributed by atoms with van der Waals surface area (Å²) in [5.74, 6) is 0.502. The van der Waals surface area contributed by atoms with E-state index >= 15 is 0 Å². The molecular weight excluding hydrogens is 294 g/mol. The largest absolute Gasteiger partial charge is 0.469 e. The average Bonchev–Trinajstić information content (AvgIpc) is 3.04. The monoisotopic (exact) mass is 315 g/mol. The Bertz CT molecular complexity index is 669. The number of nitrogens with zero attached hydrogens (tertiary/aromatic N) is 1. The normalized spacial score (nSPS) is 17.0. The number of aryl methyl sites for hydroxylation is 1. The molecule has 0 unspecified atom stereocenters. The number of benzene rings is 1. The summed E-state index contributed by atoms with van der Waals surface area (Å²) >= 11 is 0. The first kappa shape index (κ1) is 15.7. The average molecular weight is 315 g/mol. The topological polar surface area (TPSA) is 61.6 Å². The maximum atomic E-state index is 12.3. The SMILES string of the molecule is COC(=O)C1(Cc2cc(-c3ccc(C)cc3)no2)CCOCC1. The Morgan fingerprint density at radius 2 is 1.96 bits per heavy atom. The van der Waals surface area contributed by atoms with Crippen LogP contribution >= 0.6 is 0 Å². The molecule has 0 atom stereocenters. The van der Waals surface area contributed by atoms with E-state index in [1.54, 1.807) is 0 Å². The van der Waals surface area contributed by atoms with Crippen molar-refractivity contribution in [3.63, 3.8) is 0 Å². The number of ether oxygens (including phenoxy) is 2. The molecule has 3 rings (SSSR count). The standard InChI is InChI=1S/C18H21NO4/c1-13-3-5-14(6-4-13)16-11-15(23-19-16)12-18(17(20)21-2)7-9-22-10-8-18/h3-6,11H,7-10,12H2,1-2H3. The molecule has 122 valence electrons. The first-order valence-electron chi connectivity index (χ1n) is 7.82. The van der Waals surface area contributed by atoms with E-state index in [4.69, 9.17) is 14.0 Å². The lowest BCUT2D eigenvalue weighted by Crippen LogP contribution is -2.40. The van der Waals surface area contributed by atoms with Crippen molar-refractivity contribution in [3.8, 4) is 11.3 Å². The Morgan fingerprint density at radius 1 is 1.26 bits per heavy atom. The number of rotatable bonds is 4. The van der Waals surface area contributed by atoms with Crippen molar-refractivity contribution in [3.05, 3.63) is 41.7 Å².